The number of esters is 4. The van der Waals surface area contributed by atoms with Crippen LogP contribution in [0.15, 0.2) is 0 Å². The zero-order valence-corrected chi connectivity index (χ0v) is 67.5. The molecule has 5 atom stereocenters. The number of rotatable bonds is 79. The lowest BCUT2D eigenvalue weighted by Gasteiger charge is -2.21. The first kappa shape index (κ1) is 98.1. The zero-order chi connectivity index (χ0) is 73.7. The summed E-state index contributed by atoms with van der Waals surface area (Å²) in [5.41, 5.74) is 0. The summed E-state index contributed by atoms with van der Waals surface area (Å²) in [5.74, 6) is 0.206. The van der Waals surface area contributed by atoms with Crippen molar-refractivity contribution in [2.75, 3.05) is 39.6 Å². The van der Waals surface area contributed by atoms with Gasteiger partial charge in [-0.05, 0) is 43.4 Å². The Bertz CT molecular complexity index is 1940. The number of carbonyl (C=O) groups is 4. The van der Waals surface area contributed by atoms with Crippen LogP contribution in [-0.2, 0) is 65.4 Å². The Hall–Kier alpha value is -1.94. The molecule has 0 radical (unpaired) electrons. The lowest BCUT2D eigenvalue weighted by atomic mass is 10.0. The van der Waals surface area contributed by atoms with Crippen LogP contribution in [-0.4, -0.2) is 96.7 Å². The molecule has 0 heterocycles. The molecule has 3 N–H and O–H groups in total. The van der Waals surface area contributed by atoms with E-state index in [9.17, 15) is 43.2 Å². The van der Waals surface area contributed by atoms with E-state index >= 15 is 0 Å². The molecule has 0 aromatic heterocycles. The number of carbonyl (C=O) groups excluding carboxylic acids is 4. The summed E-state index contributed by atoms with van der Waals surface area (Å²) in [6.45, 7) is 11.9. The van der Waals surface area contributed by atoms with Gasteiger partial charge in [-0.25, -0.2) is 9.13 Å². The van der Waals surface area contributed by atoms with Gasteiger partial charge in [-0.3, -0.25) is 37.3 Å². The van der Waals surface area contributed by atoms with Crippen molar-refractivity contribution in [2.24, 2.45) is 17.8 Å². The molecule has 0 aromatic rings. The fourth-order valence-corrected chi connectivity index (χ4v) is 14.1. The molecule has 0 amide bonds. The quantitative estimate of drug-likeness (QED) is 0.0222. The second-order valence-electron chi connectivity index (χ2n) is 30.6. The van der Waals surface area contributed by atoms with Crippen molar-refractivity contribution >= 4 is 39.5 Å². The topological polar surface area (TPSA) is 237 Å². The van der Waals surface area contributed by atoms with Gasteiger partial charge in [0.25, 0.3) is 0 Å². The van der Waals surface area contributed by atoms with E-state index in [0.717, 1.165) is 108 Å². The highest BCUT2D eigenvalue weighted by Crippen LogP contribution is 2.45. The number of aliphatic hydroxyl groups is 1. The maximum Gasteiger partial charge on any atom is 0.472 e. The van der Waals surface area contributed by atoms with E-state index in [0.29, 0.717) is 31.6 Å². The van der Waals surface area contributed by atoms with E-state index in [-0.39, 0.29) is 25.7 Å². The van der Waals surface area contributed by atoms with Crippen molar-refractivity contribution in [2.45, 2.75) is 439 Å². The van der Waals surface area contributed by atoms with Crippen LogP contribution >= 0.6 is 15.6 Å². The molecular weight excluding hydrogens is 1310 g/mol. The minimum atomic E-state index is -4.96. The Morgan fingerprint density at radius 1 is 0.270 bits per heavy atom. The summed E-state index contributed by atoms with van der Waals surface area (Å²) in [5, 5.41) is 10.6. The molecule has 17 nitrogen and oxygen atoms in total. The number of phosphoric ester groups is 2. The van der Waals surface area contributed by atoms with Gasteiger partial charge in [0.1, 0.15) is 19.3 Å². The van der Waals surface area contributed by atoms with E-state index < -0.39 is 97.5 Å². The summed E-state index contributed by atoms with van der Waals surface area (Å²) in [6, 6.07) is 0. The highest BCUT2D eigenvalue weighted by atomic mass is 31.2. The molecule has 594 valence electrons. The standard InChI is InChI=1S/C81H158O17P2/c1-8-9-10-11-12-13-14-22-30-35-42-50-57-64-80(85)98-77(69-92-79(84)63-56-49-44-37-40-47-54-61-74(6)7)71-96-100(89,90)94-67-75(82)66-93-99(87,88)95-70-76(68-91-78(83)62-55-48-41-34-29-26-21-24-28-33-39-46-53-60-73(4)5)97-81(86)65-58-51-43-36-31-25-20-18-16-15-17-19-23-27-32-38-45-52-59-72(2)3/h72-77,82H,8-71H2,1-7H3,(H,87,88)(H,89,90)/t75-,76-,77-/m1/s1. The lowest BCUT2D eigenvalue weighted by Crippen LogP contribution is -2.30. The Balaban J connectivity index is 5.22. The van der Waals surface area contributed by atoms with Crippen LogP contribution in [0.3, 0.4) is 0 Å². The van der Waals surface area contributed by atoms with Gasteiger partial charge in [-0.2, -0.15) is 0 Å². The molecule has 0 saturated carbocycles. The Morgan fingerprint density at radius 2 is 0.460 bits per heavy atom. The number of ether oxygens (including phenoxy) is 4. The largest absolute Gasteiger partial charge is 0.472 e. The predicted octanol–water partition coefficient (Wildman–Crippen LogP) is 24.1. The molecule has 0 aliphatic rings. The van der Waals surface area contributed by atoms with Crippen molar-refractivity contribution in [1.29, 1.82) is 0 Å². The van der Waals surface area contributed by atoms with E-state index in [1.165, 1.54) is 225 Å². The number of aliphatic hydroxyl groups excluding tert-OH is 1. The van der Waals surface area contributed by atoms with Crippen molar-refractivity contribution in [3.8, 4) is 0 Å². The van der Waals surface area contributed by atoms with Crippen molar-refractivity contribution in [3.63, 3.8) is 0 Å². The Labute approximate surface area is 613 Å². The lowest BCUT2D eigenvalue weighted by molar-refractivity contribution is -0.161. The van der Waals surface area contributed by atoms with Gasteiger partial charge in [-0.1, -0.05) is 370 Å². The summed E-state index contributed by atoms with van der Waals surface area (Å²) < 4.78 is 68.7. The summed E-state index contributed by atoms with van der Waals surface area (Å²) >= 11 is 0. The minimum Gasteiger partial charge on any atom is -0.462 e. The normalized spacial score (nSPS) is 14.0. The molecule has 0 aliphatic heterocycles. The number of phosphoric acid groups is 2. The molecule has 100 heavy (non-hydrogen) atoms. The number of hydrogen-bond acceptors (Lipinski definition) is 15. The minimum absolute atomic E-state index is 0.107. The van der Waals surface area contributed by atoms with Gasteiger partial charge in [0.15, 0.2) is 12.2 Å². The molecule has 0 bridgehead atoms. The maximum atomic E-state index is 13.1. The molecule has 0 saturated heterocycles. The molecule has 0 aromatic carbocycles. The third-order valence-electron chi connectivity index (χ3n) is 18.9. The van der Waals surface area contributed by atoms with Crippen LogP contribution in [0.4, 0.5) is 0 Å². The van der Waals surface area contributed by atoms with Gasteiger partial charge in [-0.15, -0.1) is 0 Å². The van der Waals surface area contributed by atoms with Gasteiger partial charge < -0.3 is 33.8 Å². The first-order valence-corrected chi connectivity index (χ1v) is 44.8. The Morgan fingerprint density at radius 3 is 0.680 bits per heavy atom. The molecule has 0 aliphatic carbocycles. The third-order valence-corrected chi connectivity index (χ3v) is 20.8. The van der Waals surface area contributed by atoms with Crippen molar-refractivity contribution in [3.05, 3.63) is 0 Å². The molecule has 2 unspecified atom stereocenters. The van der Waals surface area contributed by atoms with Crippen LogP contribution in [0.2, 0.25) is 0 Å². The van der Waals surface area contributed by atoms with Crippen LogP contribution in [0, 0.1) is 17.8 Å². The highest BCUT2D eigenvalue weighted by molar-refractivity contribution is 7.47. The first-order valence-electron chi connectivity index (χ1n) is 41.8. The van der Waals surface area contributed by atoms with E-state index in [4.69, 9.17) is 37.0 Å². The fourth-order valence-electron chi connectivity index (χ4n) is 12.5. The fraction of sp³-hybridized carbons (Fsp3) is 0.951. The second kappa shape index (κ2) is 71.3. The van der Waals surface area contributed by atoms with Crippen LogP contribution in [0.5, 0.6) is 0 Å². The summed E-state index contributed by atoms with van der Waals surface area (Å²) in [7, 11) is -9.92. The van der Waals surface area contributed by atoms with E-state index in [1.54, 1.807) is 0 Å². The highest BCUT2D eigenvalue weighted by Gasteiger charge is 2.30. The number of unbranched alkanes of at least 4 members (excludes halogenated alkanes) is 47. The van der Waals surface area contributed by atoms with Gasteiger partial charge >= 0.3 is 39.5 Å². The van der Waals surface area contributed by atoms with Crippen molar-refractivity contribution < 1.29 is 80.2 Å². The number of hydrogen-bond donors (Lipinski definition) is 3. The van der Waals surface area contributed by atoms with Crippen LogP contribution < -0.4 is 0 Å². The second-order valence-corrected chi connectivity index (χ2v) is 33.5. The maximum absolute atomic E-state index is 13.1. The SMILES string of the molecule is CCCCCCCCCCCCCCCC(=O)O[C@H](COC(=O)CCCCCCCCCC(C)C)COP(=O)(O)OC[C@H](O)COP(=O)(O)OC[C@@H](COC(=O)CCCCCCCCCCCCCCCC(C)C)OC(=O)CCCCCCCCCCCCCCCCCCCCC(C)C. The summed E-state index contributed by atoms with van der Waals surface area (Å²) in [4.78, 5) is 73.0. The first-order chi connectivity index (χ1) is 48.2. The molecule has 0 spiro atoms. The average molecular weight is 1470 g/mol. The van der Waals surface area contributed by atoms with E-state index in [1.807, 2.05) is 0 Å². The molecule has 19 heteroatoms. The van der Waals surface area contributed by atoms with E-state index in [2.05, 4.69) is 48.5 Å². The average Bonchev–Trinajstić information content (AvgIpc) is 0.964. The van der Waals surface area contributed by atoms with Crippen LogP contribution in [0.25, 0.3) is 0 Å². The zero-order valence-electron chi connectivity index (χ0n) is 65.7. The molecule has 0 rings (SSSR count). The molecular formula is C81H158O17P2. The van der Waals surface area contributed by atoms with Gasteiger partial charge in [0.2, 0.25) is 0 Å². The predicted molar refractivity (Wildman–Crippen MR) is 409 cm³/mol. The van der Waals surface area contributed by atoms with Crippen LogP contribution in [0.1, 0.15) is 421 Å². The van der Waals surface area contributed by atoms with Crippen molar-refractivity contribution in [1.82, 2.24) is 0 Å². The Kier molecular flexibility index (Phi) is 69.9. The molecule has 0 fully saturated rings. The monoisotopic (exact) mass is 1470 g/mol. The third kappa shape index (κ3) is 74.3. The van der Waals surface area contributed by atoms with Gasteiger partial charge in [0, 0.05) is 25.7 Å². The smallest absolute Gasteiger partial charge is 0.462 e. The summed E-state index contributed by atoms with van der Waals surface area (Å²) in [6.07, 6.45) is 59.7. The van der Waals surface area contributed by atoms with Gasteiger partial charge in [0.05, 0.1) is 26.4 Å².